The van der Waals surface area contributed by atoms with Crippen LogP contribution < -0.4 is 0 Å². The lowest BCUT2D eigenvalue weighted by molar-refractivity contribution is -0.133. The van der Waals surface area contributed by atoms with Crippen molar-refractivity contribution in [3.05, 3.63) is 29.3 Å². The van der Waals surface area contributed by atoms with E-state index in [9.17, 15) is 4.79 Å². The molecule has 0 aliphatic carbocycles. The Labute approximate surface area is 136 Å². The Morgan fingerprint density at radius 1 is 1.29 bits per heavy atom. The SMILES string of the molecule is CC(C)N(CCCO)C(=O)CCCSc1ccc(Cl)cc1. The molecule has 1 rings (SSSR count). The van der Waals surface area contributed by atoms with Gasteiger partial charge in [0.15, 0.2) is 0 Å². The lowest BCUT2D eigenvalue weighted by atomic mass is 10.2. The second-order valence-electron chi connectivity index (χ2n) is 5.16. The van der Waals surface area contributed by atoms with E-state index in [1.807, 2.05) is 43.0 Å². The van der Waals surface area contributed by atoms with Crippen LogP contribution in [0.25, 0.3) is 0 Å². The lowest BCUT2D eigenvalue weighted by Crippen LogP contribution is -2.37. The first-order chi connectivity index (χ1) is 10.0. The van der Waals surface area contributed by atoms with Crippen LogP contribution in [0.1, 0.15) is 33.1 Å². The first-order valence-corrected chi connectivity index (χ1v) is 8.69. The highest BCUT2D eigenvalue weighted by atomic mass is 35.5. The van der Waals surface area contributed by atoms with E-state index in [2.05, 4.69) is 0 Å². The summed E-state index contributed by atoms with van der Waals surface area (Å²) in [6.45, 7) is 4.79. The van der Waals surface area contributed by atoms with E-state index in [1.54, 1.807) is 11.8 Å². The molecule has 5 heteroatoms. The Morgan fingerprint density at radius 2 is 1.95 bits per heavy atom. The molecule has 0 saturated carbocycles. The summed E-state index contributed by atoms with van der Waals surface area (Å²) < 4.78 is 0. The number of benzene rings is 1. The summed E-state index contributed by atoms with van der Waals surface area (Å²) in [5, 5.41) is 9.63. The van der Waals surface area contributed by atoms with Crippen molar-refractivity contribution in [3.8, 4) is 0 Å². The molecule has 21 heavy (non-hydrogen) atoms. The summed E-state index contributed by atoms with van der Waals surface area (Å²) in [4.78, 5) is 15.2. The van der Waals surface area contributed by atoms with Crippen molar-refractivity contribution in [2.45, 2.75) is 44.0 Å². The van der Waals surface area contributed by atoms with Crippen LogP contribution in [0.5, 0.6) is 0 Å². The maximum atomic E-state index is 12.2. The Bertz CT molecular complexity index is 423. The van der Waals surface area contributed by atoms with Gasteiger partial charge >= 0.3 is 0 Å². The molecule has 1 N–H and O–H groups in total. The van der Waals surface area contributed by atoms with Crippen molar-refractivity contribution >= 4 is 29.3 Å². The zero-order valence-electron chi connectivity index (χ0n) is 12.7. The minimum atomic E-state index is 0.128. The van der Waals surface area contributed by atoms with Crippen LogP contribution in [0.4, 0.5) is 0 Å². The second kappa shape index (κ2) is 10.1. The average molecular weight is 330 g/mol. The maximum absolute atomic E-state index is 12.2. The van der Waals surface area contributed by atoms with E-state index in [1.165, 1.54) is 4.90 Å². The summed E-state index contributed by atoms with van der Waals surface area (Å²) in [7, 11) is 0. The first kappa shape index (κ1) is 18.3. The van der Waals surface area contributed by atoms with Gasteiger partial charge in [-0.05, 0) is 56.7 Å². The number of hydrogen-bond acceptors (Lipinski definition) is 3. The van der Waals surface area contributed by atoms with Gasteiger partial charge in [-0.2, -0.15) is 0 Å². The summed E-state index contributed by atoms with van der Waals surface area (Å²) >= 11 is 7.58. The number of hydrogen-bond donors (Lipinski definition) is 1. The highest BCUT2D eigenvalue weighted by Gasteiger charge is 2.15. The number of aliphatic hydroxyl groups is 1. The monoisotopic (exact) mass is 329 g/mol. The summed E-state index contributed by atoms with van der Waals surface area (Å²) in [5.41, 5.74) is 0. The molecule has 0 aliphatic rings. The Hall–Kier alpha value is -0.710. The molecule has 118 valence electrons. The van der Waals surface area contributed by atoms with Gasteiger partial charge in [0.05, 0.1) is 0 Å². The lowest BCUT2D eigenvalue weighted by Gasteiger charge is -2.26. The standard InChI is InChI=1S/C16H24ClNO2S/c1-13(2)18(10-4-11-19)16(20)5-3-12-21-15-8-6-14(17)7-9-15/h6-9,13,19H,3-5,10-12H2,1-2H3. The van der Waals surface area contributed by atoms with Crippen molar-refractivity contribution < 1.29 is 9.90 Å². The fourth-order valence-electron chi connectivity index (χ4n) is 2.00. The molecule has 0 spiro atoms. The quantitative estimate of drug-likeness (QED) is 0.553. The van der Waals surface area contributed by atoms with E-state index in [0.29, 0.717) is 19.4 Å². The normalized spacial score (nSPS) is 10.9. The first-order valence-electron chi connectivity index (χ1n) is 7.33. The number of halogens is 1. The van der Waals surface area contributed by atoms with E-state index in [4.69, 9.17) is 16.7 Å². The number of amides is 1. The number of rotatable bonds is 9. The molecule has 0 saturated heterocycles. The predicted molar refractivity (Wildman–Crippen MR) is 90.0 cm³/mol. The van der Waals surface area contributed by atoms with Gasteiger partial charge in [0.1, 0.15) is 0 Å². The molecule has 0 aromatic heterocycles. The van der Waals surface area contributed by atoms with Gasteiger partial charge in [-0.1, -0.05) is 11.6 Å². The summed E-state index contributed by atoms with van der Waals surface area (Å²) in [5.74, 6) is 1.09. The van der Waals surface area contributed by atoms with E-state index >= 15 is 0 Å². The number of carbonyl (C=O) groups excluding carboxylic acids is 1. The Balaban J connectivity index is 2.29. The topological polar surface area (TPSA) is 40.5 Å². The fourth-order valence-corrected chi connectivity index (χ4v) is 2.98. The van der Waals surface area contributed by atoms with Crippen LogP contribution in [0.3, 0.4) is 0 Å². The molecule has 0 aliphatic heterocycles. The zero-order valence-corrected chi connectivity index (χ0v) is 14.3. The number of nitrogens with zero attached hydrogens (tertiary/aromatic N) is 1. The second-order valence-corrected chi connectivity index (χ2v) is 6.77. The Kier molecular flexibility index (Phi) is 8.81. The molecular weight excluding hydrogens is 306 g/mol. The third-order valence-electron chi connectivity index (χ3n) is 3.12. The van der Waals surface area contributed by atoms with Crippen LogP contribution in [0, 0.1) is 0 Å². The van der Waals surface area contributed by atoms with Gasteiger partial charge in [-0.25, -0.2) is 0 Å². The van der Waals surface area contributed by atoms with Crippen molar-refractivity contribution in [1.82, 2.24) is 4.90 Å². The van der Waals surface area contributed by atoms with Gasteiger partial charge in [0.2, 0.25) is 5.91 Å². The number of aliphatic hydroxyl groups excluding tert-OH is 1. The molecule has 0 radical (unpaired) electrons. The van der Waals surface area contributed by atoms with Gasteiger partial charge in [-0.15, -0.1) is 11.8 Å². The van der Waals surface area contributed by atoms with Crippen LogP contribution in [-0.4, -0.2) is 40.9 Å². The van der Waals surface area contributed by atoms with Crippen molar-refractivity contribution in [3.63, 3.8) is 0 Å². The van der Waals surface area contributed by atoms with Gasteiger partial charge in [-0.3, -0.25) is 4.79 Å². The number of carbonyl (C=O) groups is 1. The molecule has 1 amide bonds. The zero-order chi connectivity index (χ0) is 15.7. The molecule has 1 aromatic carbocycles. The summed E-state index contributed by atoms with van der Waals surface area (Å²) in [6, 6.07) is 7.94. The van der Waals surface area contributed by atoms with Gasteiger partial charge in [0, 0.05) is 35.5 Å². The Morgan fingerprint density at radius 3 is 2.52 bits per heavy atom. The van der Waals surface area contributed by atoms with E-state index in [-0.39, 0.29) is 18.6 Å². The van der Waals surface area contributed by atoms with Crippen LogP contribution in [-0.2, 0) is 4.79 Å². The minimum absolute atomic E-state index is 0.128. The highest BCUT2D eigenvalue weighted by Crippen LogP contribution is 2.21. The molecule has 0 heterocycles. The highest BCUT2D eigenvalue weighted by molar-refractivity contribution is 7.99. The average Bonchev–Trinajstić information content (AvgIpc) is 2.45. The van der Waals surface area contributed by atoms with Crippen molar-refractivity contribution in [1.29, 1.82) is 0 Å². The third-order valence-corrected chi connectivity index (χ3v) is 4.47. The van der Waals surface area contributed by atoms with Crippen LogP contribution in [0.2, 0.25) is 5.02 Å². The largest absolute Gasteiger partial charge is 0.396 e. The van der Waals surface area contributed by atoms with Crippen LogP contribution >= 0.6 is 23.4 Å². The van der Waals surface area contributed by atoms with Crippen molar-refractivity contribution in [2.24, 2.45) is 0 Å². The fraction of sp³-hybridized carbons (Fsp3) is 0.562. The van der Waals surface area contributed by atoms with Crippen molar-refractivity contribution in [2.75, 3.05) is 18.9 Å². The third kappa shape index (κ3) is 7.21. The minimum Gasteiger partial charge on any atom is -0.396 e. The smallest absolute Gasteiger partial charge is 0.222 e. The summed E-state index contributed by atoms with van der Waals surface area (Å²) in [6.07, 6.45) is 2.06. The predicted octanol–water partition coefficient (Wildman–Crippen LogP) is 3.83. The van der Waals surface area contributed by atoms with Crippen LogP contribution in [0.15, 0.2) is 29.2 Å². The molecule has 0 bridgehead atoms. The molecular formula is C16H24ClNO2S. The number of thioether (sulfide) groups is 1. The molecule has 0 fully saturated rings. The van der Waals surface area contributed by atoms with Gasteiger partial charge in [0.25, 0.3) is 0 Å². The molecule has 0 atom stereocenters. The van der Waals surface area contributed by atoms with Gasteiger partial charge < -0.3 is 10.0 Å². The molecule has 0 unspecified atom stereocenters. The maximum Gasteiger partial charge on any atom is 0.222 e. The molecule has 3 nitrogen and oxygen atoms in total. The van der Waals surface area contributed by atoms with E-state index in [0.717, 1.165) is 17.2 Å². The molecule has 1 aromatic rings. The van der Waals surface area contributed by atoms with E-state index < -0.39 is 0 Å².